The number of halogens is 2. The maximum absolute atomic E-state index is 12.8. The Morgan fingerprint density at radius 1 is 1.31 bits per heavy atom. The van der Waals surface area contributed by atoms with Crippen molar-refractivity contribution in [2.75, 3.05) is 18.5 Å². The zero-order valence-electron chi connectivity index (χ0n) is 14.1. The minimum atomic E-state index is -0.144. The van der Waals surface area contributed by atoms with Gasteiger partial charge in [0, 0.05) is 41.4 Å². The molecule has 0 saturated carbocycles. The molecule has 1 aliphatic heterocycles. The third-order valence-corrected chi connectivity index (χ3v) is 4.71. The highest BCUT2D eigenvalue weighted by Gasteiger charge is 2.17. The number of aryl methyl sites for hydroxylation is 1. The van der Waals surface area contributed by atoms with E-state index in [4.69, 9.17) is 16.3 Å². The molecule has 6 nitrogen and oxygen atoms in total. The monoisotopic (exact) mass is 392 g/mol. The second-order valence-electron chi connectivity index (χ2n) is 6.08. The van der Waals surface area contributed by atoms with E-state index < -0.39 is 0 Å². The van der Waals surface area contributed by atoms with E-state index in [1.54, 1.807) is 25.4 Å². The van der Waals surface area contributed by atoms with Crippen molar-refractivity contribution in [1.82, 2.24) is 14.5 Å². The number of aromatic nitrogens is 3. The van der Waals surface area contributed by atoms with Crippen molar-refractivity contribution in [3.05, 3.63) is 51.9 Å². The van der Waals surface area contributed by atoms with Gasteiger partial charge in [-0.15, -0.1) is 12.4 Å². The van der Waals surface area contributed by atoms with Gasteiger partial charge in [0.25, 0.3) is 5.56 Å². The Morgan fingerprint density at radius 2 is 2.12 bits per heavy atom. The fourth-order valence-electron chi connectivity index (χ4n) is 3.02. The molecule has 1 N–H and O–H groups in total. The number of pyridine rings is 1. The van der Waals surface area contributed by atoms with Crippen LogP contribution in [0.3, 0.4) is 0 Å². The molecule has 136 valence electrons. The van der Waals surface area contributed by atoms with Crippen molar-refractivity contribution in [2.24, 2.45) is 7.05 Å². The van der Waals surface area contributed by atoms with Gasteiger partial charge in [0.2, 0.25) is 5.95 Å². The van der Waals surface area contributed by atoms with E-state index in [-0.39, 0.29) is 24.0 Å². The van der Waals surface area contributed by atoms with Crippen LogP contribution in [0.1, 0.15) is 6.42 Å². The molecule has 26 heavy (non-hydrogen) atoms. The lowest BCUT2D eigenvalue weighted by Gasteiger charge is -2.13. The van der Waals surface area contributed by atoms with E-state index in [1.807, 2.05) is 18.2 Å². The van der Waals surface area contributed by atoms with E-state index >= 15 is 0 Å². The van der Waals surface area contributed by atoms with Crippen LogP contribution in [0.2, 0.25) is 5.02 Å². The molecule has 0 amide bonds. The molecule has 0 spiro atoms. The number of ether oxygens (including phenoxy) is 1. The molecular formula is C18H18Cl2N4O2. The third kappa shape index (κ3) is 3.40. The number of nitrogens with zero attached hydrogens (tertiary/aromatic N) is 3. The average Bonchev–Trinajstić information content (AvgIpc) is 3.12. The second-order valence-corrected chi connectivity index (χ2v) is 6.49. The van der Waals surface area contributed by atoms with Crippen molar-refractivity contribution >= 4 is 41.0 Å². The molecule has 2 aromatic heterocycles. The van der Waals surface area contributed by atoms with Crippen molar-refractivity contribution in [2.45, 2.75) is 12.5 Å². The second kappa shape index (κ2) is 7.61. The summed E-state index contributed by atoms with van der Waals surface area (Å²) in [5, 5.41) is 4.58. The molecular weight excluding hydrogens is 375 g/mol. The summed E-state index contributed by atoms with van der Waals surface area (Å²) in [5.41, 5.74) is 1.68. The van der Waals surface area contributed by atoms with Gasteiger partial charge in [-0.3, -0.25) is 9.36 Å². The van der Waals surface area contributed by atoms with Gasteiger partial charge in [0.05, 0.1) is 12.6 Å². The van der Waals surface area contributed by atoms with Crippen molar-refractivity contribution in [1.29, 1.82) is 0 Å². The molecule has 1 aromatic carbocycles. The van der Waals surface area contributed by atoms with Crippen LogP contribution in [0.4, 0.5) is 5.95 Å². The molecule has 8 heteroatoms. The van der Waals surface area contributed by atoms with Gasteiger partial charge in [-0.05, 0) is 18.6 Å². The normalized spacial score (nSPS) is 16.5. The summed E-state index contributed by atoms with van der Waals surface area (Å²) >= 11 is 6.25. The number of nitrogens with one attached hydrogen (secondary N) is 1. The SMILES string of the molecule is Cl.Cn1c(=O)c(-c2ccccc2Cl)cc2cnc(N[C@@H]3CCOC3)nc21. The highest BCUT2D eigenvalue weighted by Crippen LogP contribution is 2.27. The highest BCUT2D eigenvalue weighted by molar-refractivity contribution is 6.33. The van der Waals surface area contributed by atoms with Gasteiger partial charge in [-0.2, -0.15) is 4.98 Å². The fourth-order valence-corrected chi connectivity index (χ4v) is 3.26. The zero-order chi connectivity index (χ0) is 17.4. The van der Waals surface area contributed by atoms with Crippen molar-refractivity contribution < 1.29 is 4.74 Å². The summed E-state index contributed by atoms with van der Waals surface area (Å²) in [4.78, 5) is 21.7. The van der Waals surface area contributed by atoms with E-state index in [1.165, 1.54) is 4.57 Å². The number of benzene rings is 1. The fraction of sp³-hybridized carbons (Fsp3) is 0.278. The summed E-state index contributed by atoms with van der Waals surface area (Å²) in [5.74, 6) is 0.503. The Morgan fingerprint density at radius 3 is 2.85 bits per heavy atom. The summed E-state index contributed by atoms with van der Waals surface area (Å²) in [6.07, 6.45) is 2.64. The topological polar surface area (TPSA) is 69.0 Å². The van der Waals surface area contributed by atoms with Crippen LogP contribution in [-0.2, 0) is 11.8 Å². The lowest BCUT2D eigenvalue weighted by Crippen LogP contribution is -2.23. The number of hydrogen-bond acceptors (Lipinski definition) is 5. The first-order chi connectivity index (χ1) is 12.1. The van der Waals surface area contributed by atoms with E-state index in [9.17, 15) is 4.79 Å². The standard InChI is InChI=1S/C18H17ClN4O2.ClH/c1-23-16-11(9-20-18(22-16)21-12-6-7-25-10-12)8-14(17(23)24)13-4-2-3-5-15(13)19;/h2-5,8-9,12H,6-7,10H2,1H3,(H,20,21,22);1H/t12-;/m1./s1. The number of hydrogen-bond donors (Lipinski definition) is 1. The Kier molecular flexibility index (Phi) is 5.46. The molecule has 0 aliphatic carbocycles. The average molecular weight is 393 g/mol. The molecule has 0 radical (unpaired) electrons. The molecule has 1 aliphatic rings. The highest BCUT2D eigenvalue weighted by atomic mass is 35.5. The van der Waals surface area contributed by atoms with Crippen LogP contribution in [0.5, 0.6) is 0 Å². The predicted octanol–water partition coefficient (Wildman–Crippen LogP) is 3.27. The molecule has 4 rings (SSSR count). The quantitative estimate of drug-likeness (QED) is 0.740. The molecule has 0 unspecified atom stereocenters. The van der Waals surface area contributed by atoms with E-state index in [2.05, 4.69) is 15.3 Å². The van der Waals surface area contributed by atoms with Gasteiger partial charge in [-0.25, -0.2) is 4.98 Å². The number of fused-ring (bicyclic) bond motifs is 1. The lowest BCUT2D eigenvalue weighted by atomic mass is 10.1. The lowest BCUT2D eigenvalue weighted by molar-refractivity contribution is 0.195. The molecule has 0 bridgehead atoms. The van der Waals surface area contributed by atoms with E-state index in [0.717, 1.165) is 18.4 Å². The minimum Gasteiger partial charge on any atom is -0.379 e. The zero-order valence-corrected chi connectivity index (χ0v) is 15.7. The number of anilines is 1. The van der Waals surface area contributed by atoms with Crippen molar-refractivity contribution in [3.8, 4) is 11.1 Å². The Labute approximate surface area is 161 Å². The molecule has 3 heterocycles. The molecule has 1 saturated heterocycles. The van der Waals surface area contributed by atoms with Crippen LogP contribution in [0.25, 0.3) is 22.2 Å². The summed E-state index contributed by atoms with van der Waals surface area (Å²) in [6.45, 7) is 1.39. The maximum atomic E-state index is 12.8. The van der Waals surface area contributed by atoms with Crippen LogP contribution in [-0.4, -0.2) is 33.8 Å². The largest absolute Gasteiger partial charge is 0.379 e. The maximum Gasteiger partial charge on any atom is 0.259 e. The first kappa shape index (κ1) is 18.6. The first-order valence-electron chi connectivity index (χ1n) is 8.09. The Bertz CT molecular complexity index is 1000. The summed E-state index contributed by atoms with van der Waals surface area (Å²) in [7, 11) is 1.71. The first-order valence-corrected chi connectivity index (χ1v) is 8.47. The van der Waals surface area contributed by atoms with Crippen molar-refractivity contribution in [3.63, 3.8) is 0 Å². The van der Waals surface area contributed by atoms with Crippen LogP contribution < -0.4 is 10.9 Å². The van der Waals surface area contributed by atoms with E-state index in [0.29, 0.717) is 34.4 Å². The van der Waals surface area contributed by atoms with Crippen LogP contribution >= 0.6 is 24.0 Å². The van der Waals surface area contributed by atoms with Crippen LogP contribution in [0, 0.1) is 0 Å². The molecule has 1 fully saturated rings. The Hall–Kier alpha value is -2.15. The molecule has 3 aromatic rings. The summed E-state index contributed by atoms with van der Waals surface area (Å²) < 4.78 is 6.88. The Balaban J connectivity index is 0.00000196. The van der Waals surface area contributed by atoms with Gasteiger partial charge < -0.3 is 10.1 Å². The van der Waals surface area contributed by atoms with Gasteiger partial charge in [-0.1, -0.05) is 29.8 Å². The predicted molar refractivity (Wildman–Crippen MR) is 105 cm³/mol. The van der Waals surface area contributed by atoms with Gasteiger partial charge >= 0.3 is 0 Å². The minimum absolute atomic E-state index is 0. The van der Waals surface area contributed by atoms with Crippen LogP contribution in [0.15, 0.2) is 41.3 Å². The smallest absolute Gasteiger partial charge is 0.259 e. The number of rotatable bonds is 3. The van der Waals surface area contributed by atoms with Gasteiger partial charge in [0.15, 0.2) is 0 Å². The third-order valence-electron chi connectivity index (χ3n) is 4.38. The van der Waals surface area contributed by atoms with Gasteiger partial charge in [0.1, 0.15) is 5.65 Å². The molecule has 1 atom stereocenters. The summed E-state index contributed by atoms with van der Waals surface area (Å²) in [6, 6.07) is 9.30.